The van der Waals surface area contributed by atoms with E-state index in [0.717, 1.165) is 12.0 Å². The molecular weight excluding hydrogens is 318 g/mol. The van der Waals surface area contributed by atoms with Crippen LogP contribution in [0.3, 0.4) is 0 Å². The lowest BCUT2D eigenvalue weighted by Crippen LogP contribution is -2.30. The summed E-state index contributed by atoms with van der Waals surface area (Å²) in [5.41, 5.74) is 7.26. The summed E-state index contributed by atoms with van der Waals surface area (Å²) in [5, 5.41) is 5.41. The van der Waals surface area contributed by atoms with E-state index >= 15 is 0 Å². The molecule has 132 valence electrons. The maximum Gasteiger partial charge on any atom is 0.262 e. The van der Waals surface area contributed by atoms with Gasteiger partial charge in [-0.25, -0.2) is 0 Å². The average Bonchev–Trinajstić information content (AvgIpc) is 2.65. The van der Waals surface area contributed by atoms with E-state index in [1.807, 2.05) is 31.2 Å². The molecule has 0 radical (unpaired) electrons. The van der Waals surface area contributed by atoms with E-state index in [2.05, 4.69) is 10.6 Å². The van der Waals surface area contributed by atoms with E-state index in [1.165, 1.54) is 0 Å². The van der Waals surface area contributed by atoms with Crippen molar-refractivity contribution in [3.63, 3.8) is 0 Å². The van der Waals surface area contributed by atoms with Gasteiger partial charge >= 0.3 is 0 Å². The van der Waals surface area contributed by atoms with Crippen molar-refractivity contribution in [2.24, 2.45) is 5.73 Å². The maximum absolute atomic E-state index is 12.2. The van der Waals surface area contributed by atoms with Crippen LogP contribution in [0, 0.1) is 0 Å². The second kappa shape index (κ2) is 9.44. The molecule has 2 aromatic carbocycles. The Morgan fingerprint density at radius 2 is 1.80 bits per heavy atom. The topological polar surface area (TPSA) is 93.4 Å². The van der Waals surface area contributed by atoms with Crippen LogP contribution < -0.4 is 21.1 Å². The third-order valence-electron chi connectivity index (χ3n) is 3.59. The number of rotatable bonds is 8. The largest absolute Gasteiger partial charge is 0.483 e. The molecule has 4 N–H and O–H groups in total. The number of nitrogens with two attached hydrogens (primary N) is 1. The van der Waals surface area contributed by atoms with E-state index in [4.69, 9.17) is 10.5 Å². The minimum absolute atomic E-state index is 0.129. The highest BCUT2D eigenvalue weighted by atomic mass is 16.5. The predicted octanol–water partition coefficient (Wildman–Crippen LogP) is 1.95. The van der Waals surface area contributed by atoms with Crippen molar-refractivity contribution in [1.29, 1.82) is 0 Å². The smallest absolute Gasteiger partial charge is 0.262 e. The minimum Gasteiger partial charge on any atom is -0.483 e. The number of carbonyl (C=O) groups excluding carboxylic acids is 2. The Hall–Kier alpha value is -2.86. The summed E-state index contributed by atoms with van der Waals surface area (Å²) < 4.78 is 5.60. The van der Waals surface area contributed by atoms with Crippen molar-refractivity contribution in [2.45, 2.75) is 13.3 Å². The highest BCUT2D eigenvalue weighted by Crippen LogP contribution is 2.19. The molecule has 2 aromatic rings. The fourth-order valence-electron chi connectivity index (χ4n) is 2.34. The molecule has 0 saturated heterocycles. The first-order valence-corrected chi connectivity index (χ1v) is 8.23. The van der Waals surface area contributed by atoms with Gasteiger partial charge in [0.1, 0.15) is 5.75 Å². The van der Waals surface area contributed by atoms with Crippen LogP contribution in [0.5, 0.6) is 5.75 Å². The van der Waals surface area contributed by atoms with E-state index in [-0.39, 0.29) is 18.4 Å². The highest BCUT2D eigenvalue weighted by molar-refractivity contribution is 6.04. The van der Waals surface area contributed by atoms with Crippen LogP contribution >= 0.6 is 0 Å². The Morgan fingerprint density at radius 1 is 1.08 bits per heavy atom. The van der Waals surface area contributed by atoms with Crippen LogP contribution in [-0.4, -0.2) is 31.5 Å². The molecule has 0 aliphatic carbocycles. The third-order valence-corrected chi connectivity index (χ3v) is 3.59. The van der Waals surface area contributed by atoms with Crippen molar-refractivity contribution in [1.82, 2.24) is 5.32 Å². The van der Waals surface area contributed by atoms with Crippen molar-refractivity contribution in [3.05, 3.63) is 59.7 Å². The first-order chi connectivity index (χ1) is 12.2. The zero-order valence-corrected chi connectivity index (χ0v) is 14.2. The van der Waals surface area contributed by atoms with Crippen LogP contribution in [0.2, 0.25) is 0 Å². The lowest BCUT2D eigenvalue weighted by molar-refractivity contribution is -0.118. The Balaban J connectivity index is 2.00. The van der Waals surface area contributed by atoms with Gasteiger partial charge in [-0.1, -0.05) is 37.3 Å². The van der Waals surface area contributed by atoms with E-state index in [9.17, 15) is 9.59 Å². The zero-order chi connectivity index (χ0) is 18.1. The van der Waals surface area contributed by atoms with Crippen molar-refractivity contribution in [2.75, 3.05) is 25.0 Å². The number of anilines is 1. The van der Waals surface area contributed by atoms with Gasteiger partial charge in [0.25, 0.3) is 11.8 Å². The molecule has 0 atom stereocenters. The molecule has 0 bridgehead atoms. The lowest BCUT2D eigenvalue weighted by Gasteiger charge is -2.13. The second-order valence-electron chi connectivity index (χ2n) is 5.39. The molecule has 2 amide bonds. The summed E-state index contributed by atoms with van der Waals surface area (Å²) in [7, 11) is 0. The molecule has 0 heterocycles. The highest BCUT2D eigenvalue weighted by Gasteiger charge is 2.13. The van der Waals surface area contributed by atoms with E-state index in [0.29, 0.717) is 30.1 Å². The van der Waals surface area contributed by atoms with Gasteiger partial charge in [-0.2, -0.15) is 0 Å². The summed E-state index contributed by atoms with van der Waals surface area (Å²) >= 11 is 0. The second-order valence-corrected chi connectivity index (χ2v) is 5.39. The van der Waals surface area contributed by atoms with E-state index in [1.54, 1.807) is 24.3 Å². The SMILES string of the molecule is CCc1ccccc1OCC(=O)Nc1ccccc1C(=O)NCCN. The molecule has 0 aliphatic heterocycles. The van der Waals surface area contributed by atoms with Gasteiger partial charge in [0, 0.05) is 13.1 Å². The molecule has 0 aromatic heterocycles. The molecule has 0 unspecified atom stereocenters. The average molecular weight is 341 g/mol. The summed E-state index contributed by atoms with van der Waals surface area (Å²) in [6.45, 7) is 2.62. The number of carbonyl (C=O) groups is 2. The molecule has 0 aliphatic rings. The molecule has 25 heavy (non-hydrogen) atoms. The molecule has 0 spiro atoms. The van der Waals surface area contributed by atoms with Gasteiger partial charge in [-0.05, 0) is 30.2 Å². The van der Waals surface area contributed by atoms with Crippen molar-refractivity contribution < 1.29 is 14.3 Å². The number of hydrogen-bond acceptors (Lipinski definition) is 4. The van der Waals surface area contributed by atoms with Gasteiger partial charge in [0.05, 0.1) is 11.3 Å². The monoisotopic (exact) mass is 341 g/mol. The lowest BCUT2D eigenvalue weighted by atomic mass is 10.1. The number of amides is 2. The molecule has 6 nitrogen and oxygen atoms in total. The van der Waals surface area contributed by atoms with Crippen molar-refractivity contribution >= 4 is 17.5 Å². The fraction of sp³-hybridized carbons (Fsp3) is 0.263. The minimum atomic E-state index is -0.329. The van der Waals surface area contributed by atoms with Crippen LogP contribution in [0.4, 0.5) is 5.69 Å². The standard InChI is InChI=1S/C19H23N3O3/c1-2-14-7-3-6-10-17(14)25-13-18(23)22-16-9-5-4-8-15(16)19(24)21-12-11-20/h3-10H,2,11-13,20H2,1H3,(H,21,24)(H,22,23). The van der Waals surface area contributed by atoms with Crippen molar-refractivity contribution in [3.8, 4) is 5.75 Å². The number of hydrogen-bond donors (Lipinski definition) is 3. The summed E-state index contributed by atoms with van der Waals surface area (Å²) in [6.07, 6.45) is 0.821. The van der Waals surface area contributed by atoms with Gasteiger partial charge in [0.15, 0.2) is 6.61 Å². The molecule has 2 rings (SSSR count). The fourth-order valence-corrected chi connectivity index (χ4v) is 2.34. The zero-order valence-electron chi connectivity index (χ0n) is 14.2. The van der Waals surface area contributed by atoms with Gasteiger partial charge in [-0.15, -0.1) is 0 Å². The number of aryl methyl sites for hydroxylation is 1. The van der Waals surface area contributed by atoms with Gasteiger partial charge < -0.3 is 21.1 Å². The quantitative estimate of drug-likeness (QED) is 0.684. The summed E-state index contributed by atoms with van der Waals surface area (Å²) in [4.78, 5) is 24.3. The molecule has 0 fully saturated rings. The Morgan fingerprint density at radius 3 is 2.56 bits per heavy atom. The molecular formula is C19H23N3O3. The number of nitrogens with one attached hydrogen (secondary N) is 2. The third kappa shape index (κ3) is 5.32. The van der Waals surface area contributed by atoms with Crippen LogP contribution in [-0.2, 0) is 11.2 Å². The molecule has 6 heteroatoms. The van der Waals surface area contributed by atoms with Crippen LogP contribution in [0.25, 0.3) is 0 Å². The first-order valence-electron chi connectivity index (χ1n) is 8.23. The van der Waals surface area contributed by atoms with Gasteiger partial charge in [0.2, 0.25) is 0 Å². The van der Waals surface area contributed by atoms with Gasteiger partial charge in [-0.3, -0.25) is 9.59 Å². The number of ether oxygens (including phenoxy) is 1. The Bertz CT molecular complexity index is 731. The van der Waals surface area contributed by atoms with Crippen LogP contribution in [0.1, 0.15) is 22.8 Å². The normalized spacial score (nSPS) is 10.2. The summed E-state index contributed by atoms with van der Waals surface area (Å²) in [5.74, 6) is 0.0812. The predicted molar refractivity (Wildman–Crippen MR) is 97.8 cm³/mol. The Labute approximate surface area is 147 Å². The summed E-state index contributed by atoms with van der Waals surface area (Å²) in [6, 6.07) is 14.4. The van der Waals surface area contributed by atoms with Crippen LogP contribution in [0.15, 0.2) is 48.5 Å². The molecule has 0 saturated carbocycles. The first kappa shape index (κ1) is 18.5. The van der Waals surface area contributed by atoms with E-state index < -0.39 is 0 Å². The number of para-hydroxylation sites is 2. The Kier molecular flexibility index (Phi) is 6.98. The maximum atomic E-state index is 12.2. The number of benzene rings is 2.